The zero-order valence-corrected chi connectivity index (χ0v) is 13.9. The molecule has 1 aromatic carbocycles. The van der Waals surface area contributed by atoms with Crippen LogP contribution in [0.15, 0.2) is 30.3 Å². The average molecular weight is 291 g/mol. The highest BCUT2D eigenvalue weighted by atomic mass is 16.5. The van der Waals surface area contributed by atoms with Gasteiger partial charge in [0.15, 0.2) is 0 Å². The van der Waals surface area contributed by atoms with E-state index in [-0.39, 0.29) is 6.04 Å². The molecule has 21 heavy (non-hydrogen) atoms. The van der Waals surface area contributed by atoms with Crippen LogP contribution in [0.5, 0.6) is 0 Å². The fraction of sp³-hybridized carbons (Fsp3) is 0.684. The molecule has 1 aromatic rings. The van der Waals surface area contributed by atoms with Crippen molar-refractivity contribution in [2.45, 2.75) is 77.2 Å². The summed E-state index contributed by atoms with van der Waals surface area (Å²) in [5, 5.41) is 12.1. The Morgan fingerprint density at radius 2 is 1.38 bits per heavy atom. The van der Waals surface area contributed by atoms with Crippen LogP contribution in [0.4, 0.5) is 0 Å². The first-order valence-electron chi connectivity index (χ1n) is 8.81. The molecule has 0 amide bonds. The fourth-order valence-corrected chi connectivity index (χ4v) is 2.95. The number of hydrogen-bond donors (Lipinski definition) is 1. The van der Waals surface area contributed by atoms with Crippen molar-refractivity contribution in [2.75, 3.05) is 7.05 Å². The minimum absolute atomic E-state index is 0.107. The van der Waals surface area contributed by atoms with E-state index in [1.165, 1.54) is 63.4 Å². The highest BCUT2D eigenvalue weighted by Gasteiger charge is 2.14. The summed E-state index contributed by atoms with van der Waals surface area (Å²) in [6, 6.07) is 10.3. The number of benzene rings is 1. The molecule has 0 heterocycles. The first-order chi connectivity index (χ1) is 10.3. The SMILES string of the molecule is CCCCCCCCCCCC(c1ccccc1)[NH+](C)[O-]. The van der Waals surface area contributed by atoms with Crippen molar-refractivity contribution in [1.82, 2.24) is 0 Å². The van der Waals surface area contributed by atoms with Crippen molar-refractivity contribution < 1.29 is 5.06 Å². The number of rotatable bonds is 12. The summed E-state index contributed by atoms with van der Waals surface area (Å²) in [5.74, 6) is 0. The lowest BCUT2D eigenvalue weighted by molar-refractivity contribution is -0.861. The van der Waals surface area contributed by atoms with Crippen molar-refractivity contribution >= 4 is 0 Å². The van der Waals surface area contributed by atoms with Crippen LogP contribution >= 0.6 is 0 Å². The lowest BCUT2D eigenvalue weighted by Gasteiger charge is -2.28. The van der Waals surface area contributed by atoms with Crippen LogP contribution in [-0.4, -0.2) is 7.05 Å². The summed E-state index contributed by atoms with van der Waals surface area (Å²) in [7, 11) is 1.73. The summed E-state index contributed by atoms with van der Waals surface area (Å²) in [5.41, 5.74) is 1.18. The smallest absolute Gasteiger partial charge is 0.113 e. The minimum atomic E-state index is 0.107. The first-order valence-corrected chi connectivity index (χ1v) is 8.81. The highest BCUT2D eigenvalue weighted by Crippen LogP contribution is 2.18. The van der Waals surface area contributed by atoms with Gasteiger partial charge in [-0.1, -0.05) is 88.6 Å². The largest absolute Gasteiger partial charge is 0.634 e. The standard InChI is InChI=1S/C19H33NO/c1-3-4-5-6-7-8-9-10-14-17-19(20(2)21)18-15-12-11-13-16-18/h11-13,15-16,19-20H,3-10,14,17H2,1-2H3. The van der Waals surface area contributed by atoms with Gasteiger partial charge in [-0.15, -0.1) is 0 Å². The molecular weight excluding hydrogens is 258 g/mol. The van der Waals surface area contributed by atoms with E-state index in [1.54, 1.807) is 7.05 Å². The van der Waals surface area contributed by atoms with Gasteiger partial charge in [0.1, 0.15) is 6.04 Å². The Hall–Kier alpha value is -0.860. The van der Waals surface area contributed by atoms with Crippen LogP contribution in [0.3, 0.4) is 0 Å². The van der Waals surface area contributed by atoms with Crippen molar-refractivity contribution in [3.63, 3.8) is 0 Å². The first kappa shape index (κ1) is 18.2. The molecule has 2 unspecified atom stereocenters. The van der Waals surface area contributed by atoms with Crippen LogP contribution in [0, 0.1) is 5.21 Å². The van der Waals surface area contributed by atoms with E-state index >= 15 is 0 Å². The van der Waals surface area contributed by atoms with E-state index in [1.807, 2.05) is 18.2 Å². The molecule has 1 rings (SSSR count). The Labute approximate surface area is 131 Å². The molecular formula is C19H33NO. The van der Waals surface area contributed by atoms with E-state index in [4.69, 9.17) is 0 Å². The van der Waals surface area contributed by atoms with Gasteiger partial charge in [-0.2, -0.15) is 0 Å². The summed E-state index contributed by atoms with van der Waals surface area (Å²) in [6.07, 6.45) is 13.0. The quantitative estimate of drug-likeness (QED) is 0.440. The van der Waals surface area contributed by atoms with Gasteiger partial charge in [0.2, 0.25) is 0 Å². The van der Waals surface area contributed by atoms with Crippen LogP contribution in [0.1, 0.15) is 82.7 Å². The molecule has 0 aliphatic rings. The average Bonchev–Trinajstić information content (AvgIpc) is 2.50. The monoisotopic (exact) mass is 291 g/mol. The van der Waals surface area contributed by atoms with Gasteiger partial charge in [0.25, 0.3) is 0 Å². The second kappa shape index (κ2) is 11.8. The van der Waals surface area contributed by atoms with Crippen molar-refractivity contribution in [3.8, 4) is 0 Å². The van der Waals surface area contributed by atoms with Crippen LogP contribution in [0.2, 0.25) is 0 Å². The fourth-order valence-electron chi connectivity index (χ4n) is 2.95. The minimum Gasteiger partial charge on any atom is -0.634 e. The van der Waals surface area contributed by atoms with Gasteiger partial charge in [-0.3, -0.25) is 0 Å². The third kappa shape index (κ3) is 8.23. The molecule has 0 aliphatic heterocycles. The molecule has 0 bridgehead atoms. The predicted octanol–water partition coefficient (Wildman–Crippen LogP) is 4.66. The number of unbranched alkanes of at least 4 members (excludes halogenated alkanes) is 8. The number of nitrogens with one attached hydrogen (secondary N) is 1. The zero-order valence-electron chi connectivity index (χ0n) is 13.9. The summed E-state index contributed by atoms with van der Waals surface area (Å²) in [4.78, 5) is 0. The number of quaternary nitrogens is 1. The van der Waals surface area contributed by atoms with Gasteiger partial charge >= 0.3 is 0 Å². The van der Waals surface area contributed by atoms with Crippen LogP contribution in [0.25, 0.3) is 0 Å². The molecule has 0 aromatic heterocycles. The molecule has 0 saturated heterocycles. The molecule has 0 saturated carbocycles. The van der Waals surface area contributed by atoms with Gasteiger partial charge in [0.05, 0.1) is 7.05 Å². The van der Waals surface area contributed by atoms with Gasteiger partial charge in [-0.05, 0) is 6.42 Å². The molecule has 1 N–H and O–H groups in total. The maximum absolute atomic E-state index is 11.8. The Balaban J connectivity index is 2.12. The van der Waals surface area contributed by atoms with Gasteiger partial charge in [0, 0.05) is 12.0 Å². The second-order valence-corrected chi connectivity index (χ2v) is 6.19. The summed E-state index contributed by atoms with van der Waals surface area (Å²) in [6.45, 7) is 2.26. The molecule has 0 radical (unpaired) electrons. The molecule has 2 atom stereocenters. The third-order valence-corrected chi connectivity index (χ3v) is 4.29. The van der Waals surface area contributed by atoms with Crippen molar-refractivity contribution in [3.05, 3.63) is 41.1 Å². The van der Waals surface area contributed by atoms with Crippen molar-refractivity contribution in [1.29, 1.82) is 0 Å². The number of hydrogen-bond acceptors (Lipinski definition) is 1. The van der Waals surface area contributed by atoms with E-state index in [0.29, 0.717) is 5.06 Å². The van der Waals surface area contributed by atoms with Crippen molar-refractivity contribution in [2.24, 2.45) is 0 Å². The lowest BCUT2D eigenvalue weighted by Crippen LogP contribution is -3.04. The van der Waals surface area contributed by atoms with E-state index < -0.39 is 0 Å². The molecule has 2 nitrogen and oxygen atoms in total. The van der Waals surface area contributed by atoms with E-state index in [2.05, 4.69) is 19.1 Å². The van der Waals surface area contributed by atoms with Gasteiger partial charge in [-0.25, -0.2) is 0 Å². The van der Waals surface area contributed by atoms with E-state index in [0.717, 1.165) is 6.42 Å². The second-order valence-electron chi connectivity index (χ2n) is 6.19. The maximum Gasteiger partial charge on any atom is 0.113 e. The van der Waals surface area contributed by atoms with Crippen LogP contribution in [-0.2, 0) is 0 Å². The van der Waals surface area contributed by atoms with E-state index in [9.17, 15) is 5.21 Å². The maximum atomic E-state index is 11.8. The molecule has 0 fully saturated rings. The van der Waals surface area contributed by atoms with Crippen LogP contribution < -0.4 is 5.06 Å². The topological polar surface area (TPSA) is 27.5 Å². The Morgan fingerprint density at radius 1 is 0.857 bits per heavy atom. The third-order valence-electron chi connectivity index (χ3n) is 4.29. The number of hydroxylamine groups is 2. The zero-order chi connectivity index (χ0) is 15.3. The van der Waals surface area contributed by atoms with Gasteiger partial charge < -0.3 is 10.3 Å². The molecule has 2 heteroatoms. The Bertz CT molecular complexity index is 337. The summed E-state index contributed by atoms with van der Waals surface area (Å²) >= 11 is 0. The highest BCUT2D eigenvalue weighted by molar-refractivity contribution is 5.17. The normalized spacial score (nSPS) is 14.0. The molecule has 120 valence electrons. The lowest BCUT2D eigenvalue weighted by atomic mass is 9.99. The summed E-state index contributed by atoms with van der Waals surface area (Å²) < 4.78 is 0. The molecule has 0 aliphatic carbocycles. The molecule has 0 spiro atoms. The Kier molecular flexibility index (Phi) is 10.2. The Morgan fingerprint density at radius 3 is 1.90 bits per heavy atom. The predicted molar refractivity (Wildman–Crippen MR) is 91.3 cm³/mol.